The van der Waals surface area contributed by atoms with Gasteiger partial charge in [-0.15, -0.1) is 0 Å². The van der Waals surface area contributed by atoms with Crippen LogP contribution in [0, 0.1) is 11.8 Å². The van der Waals surface area contributed by atoms with Crippen molar-refractivity contribution in [2.45, 2.75) is 58.0 Å². The SMILES string of the molecule is CCOC(=O)C(CN(C)CC(C)C)(NC1CC1)C1CC1. The van der Waals surface area contributed by atoms with Crippen LogP contribution in [-0.2, 0) is 9.53 Å². The standard InChI is InChI=1S/C16H30N2O2/c1-5-20-15(19)16(13-6-7-13,17-14-8-9-14)11-18(4)10-12(2)3/h12-14,17H,5-11H2,1-4H3. The van der Waals surface area contributed by atoms with Gasteiger partial charge in [0.2, 0.25) is 0 Å². The first-order valence-corrected chi connectivity index (χ1v) is 8.11. The number of carbonyl (C=O) groups is 1. The Morgan fingerprint density at radius 2 is 2.00 bits per heavy atom. The summed E-state index contributed by atoms with van der Waals surface area (Å²) in [6.45, 7) is 8.57. The average molecular weight is 282 g/mol. The molecular formula is C16H30N2O2. The molecule has 2 aliphatic rings. The van der Waals surface area contributed by atoms with E-state index in [2.05, 4.69) is 31.1 Å². The Labute approximate surface area is 123 Å². The van der Waals surface area contributed by atoms with Gasteiger partial charge in [-0.3, -0.25) is 5.32 Å². The lowest BCUT2D eigenvalue weighted by Gasteiger charge is -2.37. The average Bonchev–Trinajstić information content (AvgIpc) is 3.21. The van der Waals surface area contributed by atoms with E-state index in [0.717, 1.165) is 25.9 Å². The molecule has 0 amide bonds. The molecule has 0 saturated heterocycles. The third-order valence-electron chi connectivity index (χ3n) is 4.15. The van der Waals surface area contributed by atoms with Gasteiger partial charge in [-0.25, -0.2) is 4.79 Å². The topological polar surface area (TPSA) is 41.6 Å². The van der Waals surface area contributed by atoms with Crippen LogP contribution in [0.2, 0.25) is 0 Å². The minimum Gasteiger partial charge on any atom is -0.465 e. The minimum atomic E-state index is -0.471. The Morgan fingerprint density at radius 3 is 2.45 bits per heavy atom. The molecule has 116 valence electrons. The summed E-state index contributed by atoms with van der Waals surface area (Å²) in [5, 5.41) is 3.64. The normalized spacial score (nSPS) is 22.1. The highest BCUT2D eigenvalue weighted by atomic mass is 16.5. The molecule has 1 N–H and O–H groups in total. The summed E-state index contributed by atoms with van der Waals surface area (Å²) in [6.07, 6.45) is 4.69. The van der Waals surface area contributed by atoms with Crippen molar-refractivity contribution in [2.75, 3.05) is 26.7 Å². The zero-order valence-electron chi connectivity index (χ0n) is 13.4. The van der Waals surface area contributed by atoms with E-state index in [1.807, 2.05) is 6.92 Å². The number of ether oxygens (including phenoxy) is 1. The molecule has 0 aliphatic heterocycles. The molecule has 20 heavy (non-hydrogen) atoms. The Morgan fingerprint density at radius 1 is 1.35 bits per heavy atom. The van der Waals surface area contributed by atoms with Crippen LogP contribution in [0.5, 0.6) is 0 Å². The van der Waals surface area contributed by atoms with Crippen LogP contribution in [-0.4, -0.2) is 49.2 Å². The van der Waals surface area contributed by atoms with Gasteiger partial charge in [0.15, 0.2) is 0 Å². The second-order valence-electron chi connectivity index (χ2n) is 6.98. The van der Waals surface area contributed by atoms with E-state index in [4.69, 9.17) is 4.74 Å². The van der Waals surface area contributed by atoms with Crippen LogP contribution >= 0.6 is 0 Å². The summed E-state index contributed by atoms with van der Waals surface area (Å²) >= 11 is 0. The third kappa shape index (κ3) is 3.95. The fourth-order valence-electron chi connectivity index (χ4n) is 3.12. The van der Waals surface area contributed by atoms with Gasteiger partial charge >= 0.3 is 5.97 Å². The number of nitrogens with zero attached hydrogens (tertiary/aromatic N) is 1. The molecule has 0 aromatic carbocycles. The van der Waals surface area contributed by atoms with Crippen molar-refractivity contribution in [1.82, 2.24) is 10.2 Å². The maximum absolute atomic E-state index is 12.6. The number of likely N-dealkylation sites (N-methyl/N-ethyl adjacent to an activating group) is 1. The zero-order valence-corrected chi connectivity index (χ0v) is 13.4. The summed E-state index contributed by atoms with van der Waals surface area (Å²) in [4.78, 5) is 14.9. The predicted molar refractivity (Wildman–Crippen MR) is 80.6 cm³/mol. The van der Waals surface area contributed by atoms with Gasteiger partial charge in [-0.2, -0.15) is 0 Å². The van der Waals surface area contributed by atoms with E-state index in [1.54, 1.807) is 0 Å². The summed E-state index contributed by atoms with van der Waals surface area (Å²) in [5.41, 5.74) is -0.471. The molecule has 2 aliphatic carbocycles. The maximum Gasteiger partial charge on any atom is 0.327 e. The Hall–Kier alpha value is -0.610. The van der Waals surface area contributed by atoms with Gasteiger partial charge in [-0.1, -0.05) is 13.8 Å². The van der Waals surface area contributed by atoms with E-state index in [-0.39, 0.29) is 5.97 Å². The fourth-order valence-corrected chi connectivity index (χ4v) is 3.12. The van der Waals surface area contributed by atoms with E-state index in [0.29, 0.717) is 24.5 Å². The van der Waals surface area contributed by atoms with Gasteiger partial charge in [0.1, 0.15) is 5.54 Å². The van der Waals surface area contributed by atoms with Crippen molar-refractivity contribution >= 4 is 5.97 Å². The molecule has 2 saturated carbocycles. The summed E-state index contributed by atoms with van der Waals surface area (Å²) < 4.78 is 5.42. The predicted octanol–water partition coefficient (Wildman–Crippen LogP) is 2.04. The highest BCUT2D eigenvalue weighted by Crippen LogP contribution is 2.42. The van der Waals surface area contributed by atoms with Crippen molar-refractivity contribution in [3.8, 4) is 0 Å². The number of rotatable bonds is 9. The quantitative estimate of drug-likeness (QED) is 0.657. The lowest BCUT2D eigenvalue weighted by molar-refractivity contribution is -0.153. The van der Waals surface area contributed by atoms with Crippen molar-refractivity contribution in [1.29, 1.82) is 0 Å². The van der Waals surface area contributed by atoms with Crippen LogP contribution in [0.25, 0.3) is 0 Å². The van der Waals surface area contributed by atoms with Crippen LogP contribution in [0.15, 0.2) is 0 Å². The Kier molecular flexibility index (Phi) is 5.08. The molecule has 1 atom stereocenters. The van der Waals surface area contributed by atoms with Gasteiger partial charge in [0.05, 0.1) is 6.61 Å². The first kappa shape index (κ1) is 15.8. The molecule has 2 rings (SSSR count). The second-order valence-corrected chi connectivity index (χ2v) is 6.98. The van der Waals surface area contributed by atoms with Crippen LogP contribution in [0.4, 0.5) is 0 Å². The maximum atomic E-state index is 12.6. The van der Waals surface area contributed by atoms with Crippen LogP contribution in [0.1, 0.15) is 46.5 Å². The van der Waals surface area contributed by atoms with Crippen LogP contribution < -0.4 is 5.32 Å². The molecule has 1 unspecified atom stereocenters. The van der Waals surface area contributed by atoms with Crippen molar-refractivity contribution in [3.63, 3.8) is 0 Å². The number of hydrogen-bond donors (Lipinski definition) is 1. The fraction of sp³-hybridized carbons (Fsp3) is 0.938. The Balaban J connectivity index is 2.09. The van der Waals surface area contributed by atoms with Gasteiger partial charge in [0.25, 0.3) is 0 Å². The molecular weight excluding hydrogens is 252 g/mol. The number of carbonyl (C=O) groups excluding carboxylic acids is 1. The first-order valence-electron chi connectivity index (χ1n) is 8.11. The molecule has 4 nitrogen and oxygen atoms in total. The lowest BCUT2D eigenvalue weighted by atomic mass is 9.91. The van der Waals surface area contributed by atoms with Gasteiger partial charge in [0, 0.05) is 19.1 Å². The van der Waals surface area contributed by atoms with E-state index in [1.165, 1.54) is 12.8 Å². The minimum absolute atomic E-state index is 0.0370. The summed E-state index contributed by atoms with van der Waals surface area (Å²) in [7, 11) is 2.12. The molecule has 0 aromatic rings. The van der Waals surface area contributed by atoms with E-state index in [9.17, 15) is 4.79 Å². The molecule has 0 radical (unpaired) electrons. The lowest BCUT2D eigenvalue weighted by Crippen LogP contribution is -2.61. The first-order chi connectivity index (χ1) is 9.48. The van der Waals surface area contributed by atoms with Crippen molar-refractivity contribution in [2.24, 2.45) is 11.8 Å². The van der Waals surface area contributed by atoms with Gasteiger partial charge < -0.3 is 9.64 Å². The molecule has 2 fully saturated rings. The highest BCUT2D eigenvalue weighted by Gasteiger charge is 2.54. The number of nitrogens with one attached hydrogen (secondary N) is 1. The number of hydrogen-bond acceptors (Lipinski definition) is 4. The molecule has 4 heteroatoms. The molecule has 0 bridgehead atoms. The zero-order chi connectivity index (χ0) is 14.8. The van der Waals surface area contributed by atoms with E-state index >= 15 is 0 Å². The molecule has 0 heterocycles. The van der Waals surface area contributed by atoms with Crippen molar-refractivity contribution < 1.29 is 9.53 Å². The molecule has 0 aromatic heterocycles. The van der Waals surface area contributed by atoms with Gasteiger partial charge in [-0.05, 0) is 51.5 Å². The highest BCUT2D eigenvalue weighted by molar-refractivity contribution is 5.82. The largest absolute Gasteiger partial charge is 0.465 e. The summed E-state index contributed by atoms with van der Waals surface area (Å²) in [6, 6.07) is 0.521. The number of esters is 1. The van der Waals surface area contributed by atoms with Crippen molar-refractivity contribution in [3.05, 3.63) is 0 Å². The smallest absolute Gasteiger partial charge is 0.327 e. The second kappa shape index (κ2) is 6.44. The Bertz CT molecular complexity index is 337. The third-order valence-corrected chi connectivity index (χ3v) is 4.15. The van der Waals surface area contributed by atoms with Crippen LogP contribution in [0.3, 0.4) is 0 Å². The summed E-state index contributed by atoms with van der Waals surface area (Å²) in [5.74, 6) is 1.03. The monoisotopic (exact) mass is 282 g/mol. The van der Waals surface area contributed by atoms with E-state index < -0.39 is 5.54 Å². The molecule has 0 spiro atoms.